The van der Waals surface area contributed by atoms with Gasteiger partial charge < -0.3 is 5.32 Å². The highest BCUT2D eigenvalue weighted by Gasteiger charge is 2.07. The van der Waals surface area contributed by atoms with Crippen LogP contribution < -0.4 is 5.32 Å². The summed E-state index contributed by atoms with van der Waals surface area (Å²) in [6, 6.07) is 7.38. The summed E-state index contributed by atoms with van der Waals surface area (Å²) in [6.45, 7) is 7.25. The zero-order valence-electron chi connectivity index (χ0n) is 12.5. The van der Waals surface area contributed by atoms with E-state index >= 15 is 0 Å². The Morgan fingerprint density at radius 1 is 1.10 bits per heavy atom. The Labute approximate surface area is 120 Å². The third kappa shape index (κ3) is 4.50. The summed E-state index contributed by atoms with van der Waals surface area (Å²) in [4.78, 5) is 23.6. The summed E-state index contributed by atoms with van der Waals surface area (Å²) in [5.41, 5.74) is 3.02. The Hall–Kier alpha value is -2.16. The van der Waals surface area contributed by atoms with Crippen LogP contribution in [0, 0.1) is 0 Å². The predicted octanol–water partition coefficient (Wildman–Crippen LogP) is 3.67. The molecule has 1 rings (SSSR count). The minimum Gasteiger partial charge on any atom is -0.322 e. The molecule has 0 atom stereocenters. The number of carbonyl (C=O) groups is 2. The van der Waals surface area contributed by atoms with Crippen LogP contribution in [-0.2, 0) is 16.0 Å². The molecular weight excluding hydrogens is 250 g/mol. The van der Waals surface area contributed by atoms with E-state index in [1.165, 1.54) is 0 Å². The fraction of sp³-hybridized carbons (Fsp3) is 0.294. The maximum Gasteiger partial charge on any atom is 0.250 e. The van der Waals surface area contributed by atoms with Gasteiger partial charge in [0, 0.05) is 17.7 Å². The number of benzene rings is 1. The second-order valence-electron chi connectivity index (χ2n) is 4.70. The van der Waals surface area contributed by atoms with Crippen LogP contribution in [-0.4, -0.2) is 11.7 Å². The van der Waals surface area contributed by atoms with Crippen LogP contribution in [0.25, 0.3) is 0 Å². The van der Waals surface area contributed by atoms with Crippen molar-refractivity contribution in [2.75, 3.05) is 5.32 Å². The predicted molar refractivity (Wildman–Crippen MR) is 82.6 cm³/mol. The van der Waals surface area contributed by atoms with Gasteiger partial charge in [-0.3, -0.25) is 9.59 Å². The number of hydrogen-bond donors (Lipinski definition) is 1. The Morgan fingerprint density at radius 2 is 1.75 bits per heavy atom. The summed E-state index contributed by atoms with van der Waals surface area (Å²) < 4.78 is 0. The molecule has 0 saturated heterocycles. The lowest BCUT2D eigenvalue weighted by Crippen LogP contribution is -2.13. The van der Waals surface area contributed by atoms with Gasteiger partial charge in [-0.1, -0.05) is 24.3 Å². The summed E-state index contributed by atoms with van der Waals surface area (Å²) >= 11 is 0. The van der Waals surface area contributed by atoms with Gasteiger partial charge in [0.2, 0.25) is 0 Å². The van der Waals surface area contributed by atoms with Crippen molar-refractivity contribution in [3.63, 3.8) is 0 Å². The second kappa shape index (κ2) is 7.43. The maximum atomic E-state index is 11.9. The van der Waals surface area contributed by atoms with Crippen LogP contribution >= 0.6 is 0 Å². The van der Waals surface area contributed by atoms with Crippen molar-refractivity contribution in [1.29, 1.82) is 0 Å². The first-order valence-electron chi connectivity index (χ1n) is 6.67. The second-order valence-corrected chi connectivity index (χ2v) is 4.70. The number of Topliss-reactive ketones (excluding diaryl/α,β-unsaturated/α-hetero) is 1. The topological polar surface area (TPSA) is 46.2 Å². The molecule has 1 amide bonds. The first kappa shape index (κ1) is 15.9. The monoisotopic (exact) mass is 271 g/mol. The minimum atomic E-state index is -0.124. The van der Waals surface area contributed by atoms with Crippen LogP contribution in [0.15, 0.2) is 47.6 Å². The summed E-state index contributed by atoms with van der Waals surface area (Å²) in [6.07, 6.45) is 3.92. The third-order valence-corrected chi connectivity index (χ3v) is 3.21. The smallest absolute Gasteiger partial charge is 0.250 e. The number of rotatable bonds is 5. The third-order valence-electron chi connectivity index (χ3n) is 3.21. The van der Waals surface area contributed by atoms with Crippen molar-refractivity contribution < 1.29 is 9.59 Å². The van der Waals surface area contributed by atoms with Crippen molar-refractivity contribution in [3.05, 3.63) is 53.1 Å². The summed E-state index contributed by atoms with van der Waals surface area (Å²) in [7, 11) is 0. The number of allylic oxidation sites excluding steroid dienone is 3. The molecule has 0 unspecified atom stereocenters. The highest BCUT2D eigenvalue weighted by molar-refractivity contribution is 6.03. The fourth-order valence-corrected chi connectivity index (χ4v) is 1.61. The molecule has 1 aromatic rings. The Kier molecular flexibility index (Phi) is 5.91. The molecule has 0 aliphatic heterocycles. The summed E-state index contributed by atoms with van der Waals surface area (Å²) in [5.74, 6) is -0.0266. The van der Waals surface area contributed by atoms with E-state index in [1.807, 2.05) is 51.1 Å². The average molecular weight is 271 g/mol. The van der Waals surface area contributed by atoms with E-state index < -0.39 is 0 Å². The van der Waals surface area contributed by atoms with Crippen molar-refractivity contribution in [2.45, 2.75) is 34.1 Å². The number of hydrogen-bond acceptors (Lipinski definition) is 2. The highest BCUT2D eigenvalue weighted by atomic mass is 16.1. The molecule has 0 aliphatic rings. The number of amides is 1. The van der Waals surface area contributed by atoms with Gasteiger partial charge in [0.05, 0.1) is 0 Å². The number of nitrogens with one attached hydrogen (secondary N) is 1. The number of carbonyl (C=O) groups excluding carboxylic acids is 2. The molecule has 3 nitrogen and oxygen atoms in total. The normalized spacial score (nSPS) is 12.2. The molecule has 1 N–H and O–H groups in total. The first-order chi connectivity index (χ1) is 9.47. The van der Waals surface area contributed by atoms with E-state index in [-0.39, 0.29) is 11.7 Å². The van der Waals surface area contributed by atoms with Gasteiger partial charge >= 0.3 is 0 Å². The van der Waals surface area contributed by atoms with Crippen molar-refractivity contribution in [1.82, 2.24) is 0 Å². The molecular formula is C17H21NO2. The van der Waals surface area contributed by atoms with Gasteiger partial charge in [-0.2, -0.15) is 0 Å². The number of anilines is 1. The van der Waals surface area contributed by atoms with E-state index in [0.717, 1.165) is 11.1 Å². The van der Waals surface area contributed by atoms with E-state index in [1.54, 1.807) is 13.0 Å². The maximum absolute atomic E-state index is 11.9. The van der Waals surface area contributed by atoms with Crippen LogP contribution in [0.5, 0.6) is 0 Å². The van der Waals surface area contributed by atoms with Gasteiger partial charge in [0.1, 0.15) is 0 Å². The lowest BCUT2D eigenvalue weighted by Gasteiger charge is -2.07. The molecule has 106 valence electrons. The minimum absolute atomic E-state index is 0.0978. The highest BCUT2D eigenvalue weighted by Crippen LogP contribution is 2.14. The SMILES string of the molecule is C/C=C(/C)C(=O)Cc1cccc(NC(=O)/C(C)=C\C)c1. The summed E-state index contributed by atoms with van der Waals surface area (Å²) in [5, 5.41) is 2.82. The molecule has 20 heavy (non-hydrogen) atoms. The fourth-order valence-electron chi connectivity index (χ4n) is 1.61. The Morgan fingerprint density at radius 3 is 2.35 bits per heavy atom. The zero-order chi connectivity index (χ0) is 15.1. The molecule has 0 heterocycles. The molecule has 0 saturated carbocycles. The molecule has 3 heteroatoms. The van der Waals surface area contributed by atoms with Crippen LogP contribution in [0.3, 0.4) is 0 Å². The molecule has 0 fully saturated rings. The van der Waals surface area contributed by atoms with E-state index in [9.17, 15) is 9.59 Å². The largest absolute Gasteiger partial charge is 0.322 e. The molecule has 0 spiro atoms. The lowest BCUT2D eigenvalue weighted by molar-refractivity contribution is -0.115. The molecule has 0 bridgehead atoms. The lowest BCUT2D eigenvalue weighted by atomic mass is 10.0. The number of ketones is 1. The average Bonchev–Trinajstić information content (AvgIpc) is 2.45. The van der Waals surface area contributed by atoms with Crippen molar-refractivity contribution in [2.24, 2.45) is 0 Å². The van der Waals surface area contributed by atoms with Gasteiger partial charge in [0.25, 0.3) is 5.91 Å². The van der Waals surface area contributed by atoms with Gasteiger partial charge in [-0.15, -0.1) is 0 Å². The van der Waals surface area contributed by atoms with Crippen LogP contribution in [0.1, 0.15) is 33.3 Å². The van der Waals surface area contributed by atoms with Gasteiger partial charge in [-0.05, 0) is 51.0 Å². The first-order valence-corrected chi connectivity index (χ1v) is 6.67. The van der Waals surface area contributed by atoms with Crippen LogP contribution in [0.4, 0.5) is 5.69 Å². The Bertz CT molecular complexity index is 521. The molecule has 0 aliphatic carbocycles. The van der Waals surface area contributed by atoms with Gasteiger partial charge in [-0.25, -0.2) is 0 Å². The van der Waals surface area contributed by atoms with Crippen molar-refractivity contribution in [3.8, 4) is 0 Å². The van der Waals surface area contributed by atoms with Crippen LogP contribution in [0.2, 0.25) is 0 Å². The van der Waals surface area contributed by atoms with Crippen molar-refractivity contribution >= 4 is 17.4 Å². The quantitative estimate of drug-likeness (QED) is 0.830. The molecule has 0 aromatic heterocycles. The zero-order valence-corrected chi connectivity index (χ0v) is 12.5. The van der Waals surface area contributed by atoms with E-state index in [4.69, 9.17) is 0 Å². The van der Waals surface area contributed by atoms with E-state index in [2.05, 4.69) is 5.32 Å². The molecule has 1 aromatic carbocycles. The molecule has 0 radical (unpaired) electrons. The Balaban J connectivity index is 2.81. The van der Waals surface area contributed by atoms with E-state index in [0.29, 0.717) is 17.7 Å². The van der Waals surface area contributed by atoms with Gasteiger partial charge in [0.15, 0.2) is 5.78 Å². The standard InChI is InChI=1S/C17H21NO2/c1-5-12(3)16(19)11-14-8-7-9-15(10-14)18-17(20)13(4)6-2/h5-10H,11H2,1-4H3,(H,18,20)/b12-5-,13-6-.